The molecule has 0 aromatic heterocycles. The van der Waals surface area contributed by atoms with E-state index >= 15 is 0 Å². The molecule has 0 amide bonds. The second kappa shape index (κ2) is 11.0. The molecular formula is C19H23F3IN3O3. The summed E-state index contributed by atoms with van der Waals surface area (Å²) in [4.78, 5) is 4.18. The topological polar surface area (TPSA) is 78.1 Å². The maximum atomic E-state index is 12.5. The Labute approximate surface area is 184 Å². The molecule has 0 aliphatic rings. The fourth-order valence-corrected chi connectivity index (χ4v) is 2.35. The van der Waals surface area contributed by atoms with Crippen LogP contribution >= 0.6 is 24.0 Å². The molecular weight excluding hydrogens is 502 g/mol. The zero-order valence-electron chi connectivity index (χ0n) is 16.2. The van der Waals surface area contributed by atoms with Crippen molar-refractivity contribution in [3.05, 3.63) is 47.5 Å². The Balaban J connectivity index is 0.00000420. The number of ether oxygens (including phenoxy) is 3. The largest absolute Gasteiger partial charge is 0.497 e. The number of aryl methyl sites for hydroxylation is 1. The highest BCUT2D eigenvalue weighted by Gasteiger charge is 2.28. The molecule has 2 aromatic rings. The van der Waals surface area contributed by atoms with Crippen molar-refractivity contribution in [2.75, 3.05) is 26.1 Å². The van der Waals surface area contributed by atoms with Gasteiger partial charge in [-0.1, -0.05) is 12.1 Å². The number of benzene rings is 2. The average Bonchev–Trinajstić information content (AvgIpc) is 2.64. The first-order valence-electron chi connectivity index (χ1n) is 8.30. The van der Waals surface area contributed by atoms with Crippen LogP contribution in [-0.2, 0) is 6.54 Å². The number of nitrogens with one attached hydrogen (secondary N) is 1. The Morgan fingerprint density at radius 2 is 1.79 bits per heavy atom. The first-order chi connectivity index (χ1) is 13.2. The highest BCUT2D eigenvalue weighted by Crippen LogP contribution is 2.29. The zero-order valence-corrected chi connectivity index (χ0v) is 18.5. The molecule has 0 saturated heterocycles. The van der Waals surface area contributed by atoms with Gasteiger partial charge in [-0.15, -0.1) is 24.0 Å². The first kappa shape index (κ1) is 24.7. The molecule has 0 unspecified atom stereocenters. The Morgan fingerprint density at radius 3 is 2.41 bits per heavy atom. The van der Waals surface area contributed by atoms with Crippen molar-refractivity contribution in [1.82, 2.24) is 0 Å². The van der Waals surface area contributed by atoms with E-state index in [-0.39, 0.29) is 42.2 Å². The summed E-state index contributed by atoms with van der Waals surface area (Å²) in [5, 5.41) is 2.90. The van der Waals surface area contributed by atoms with Crippen LogP contribution in [-0.4, -0.2) is 33.0 Å². The molecule has 10 heteroatoms. The van der Waals surface area contributed by atoms with E-state index in [2.05, 4.69) is 10.3 Å². The van der Waals surface area contributed by atoms with Gasteiger partial charge in [0, 0.05) is 11.6 Å². The van der Waals surface area contributed by atoms with E-state index < -0.39 is 12.8 Å². The van der Waals surface area contributed by atoms with E-state index in [1.54, 1.807) is 37.3 Å². The number of hydrogen-bond donors (Lipinski definition) is 2. The van der Waals surface area contributed by atoms with Crippen molar-refractivity contribution in [3.63, 3.8) is 0 Å². The molecule has 0 atom stereocenters. The van der Waals surface area contributed by atoms with Gasteiger partial charge in [-0.05, 0) is 30.7 Å². The molecule has 0 heterocycles. The predicted molar refractivity (Wildman–Crippen MR) is 117 cm³/mol. The third-order valence-corrected chi connectivity index (χ3v) is 3.70. The molecule has 0 aliphatic heterocycles. The molecule has 0 radical (unpaired) electrons. The number of halogens is 4. The van der Waals surface area contributed by atoms with Crippen LogP contribution in [0.3, 0.4) is 0 Å². The lowest BCUT2D eigenvalue weighted by Crippen LogP contribution is -2.23. The van der Waals surface area contributed by atoms with Crippen LogP contribution in [0.5, 0.6) is 17.2 Å². The second-order valence-corrected chi connectivity index (χ2v) is 5.91. The second-order valence-electron chi connectivity index (χ2n) is 5.91. The number of alkyl halides is 3. The number of guanidine groups is 1. The van der Waals surface area contributed by atoms with Gasteiger partial charge in [0.1, 0.15) is 17.2 Å². The van der Waals surface area contributed by atoms with Crippen LogP contribution in [0.1, 0.15) is 11.1 Å². The quantitative estimate of drug-likeness (QED) is 0.317. The van der Waals surface area contributed by atoms with Gasteiger partial charge in [-0.2, -0.15) is 13.2 Å². The van der Waals surface area contributed by atoms with Gasteiger partial charge in [0.05, 0.1) is 26.5 Å². The number of nitrogens with two attached hydrogens (primary N) is 1. The lowest BCUT2D eigenvalue weighted by molar-refractivity contribution is -0.153. The summed E-state index contributed by atoms with van der Waals surface area (Å²) in [5.74, 6) is 1.31. The Bertz CT molecular complexity index is 845. The molecule has 3 N–H and O–H groups in total. The number of aliphatic imine (C=N–C) groups is 1. The van der Waals surface area contributed by atoms with Gasteiger partial charge in [0.2, 0.25) is 0 Å². The smallest absolute Gasteiger partial charge is 0.422 e. The summed E-state index contributed by atoms with van der Waals surface area (Å²) in [5.41, 5.74) is 7.71. The molecule has 160 valence electrons. The average molecular weight is 525 g/mol. The van der Waals surface area contributed by atoms with Gasteiger partial charge in [-0.25, -0.2) is 4.99 Å². The van der Waals surface area contributed by atoms with Gasteiger partial charge in [-0.3, -0.25) is 0 Å². The lowest BCUT2D eigenvalue weighted by Gasteiger charge is -2.14. The van der Waals surface area contributed by atoms with Crippen molar-refractivity contribution in [1.29, 1.82) is 0 Å². The van der Waals surface area contributed by atoms with E-state index in [0.717, 1.165) is 5.56 Å². The van der Waals surface area contributed by atoms with Crippen molar-refractivity contribution in [2.24, 2.45) is 10.7 Å². The maximum Gasteiger partial charge on any atom is 0.422 e. The van der Waals surface area contributed by atoms with E-state index in [1.165, 1.54) is 20.3 Å². The third-order valence-electron chi connectivity index (χ3n) is 3.70. The Kier molecular flexibility index (Phi) is 9.34. The molecule has 29 heavy (non-hydrogen) atoms. The molecule has 2 rings (SSSR count). The van der Waals surface area contributed by atoms with Gasteiger partial charge >= 0.3 is 6.18 Å². The number of anilines is 1. The third kappa shape index (κ3) is 7.87. The van der Waals surface area contributed by atoms with Crippen LogP contribution < -0.4 is 25.3 Å². The number of nitrogens with zero attached hydrogens (tertiary/aromatic N) is 1. The highest BCUT2D eigenvalue weighted by molar-refractivity contribution is 14.0. The standard InChI is InChI=1S/C19H22F3N3O3.HI/c1-12-4-5-13(17(8-12)28-11-19(20,21)22)10-24-18(23)25-15-9-14(26-2)6-7-16(15)27-3;/h4-9H,10-11H2,1-3H3,(H3,23,24,25);1H. The maximum absolute atomic E-state index is 12.5. The zero-order chi connectivity index (χ0) is 20.7. The Morgan fingerprint density at radius 1 is 1.07 bits per heavy atom. The van der Waals surface area contributed by atoms with Gasteiger partial charge in [0.25, 0.3) is 0 Å². The summed E-state index contributed by atoms with van der Waals surface area (Å²) in [6.07, 6.45) is -4.42. The SMILES string of the molecule is COc1ccc(OC)c(NC(N)=NCc2ccc(C)cc2OCC(F)(F)F)c1.I. The highest BCUT2D eigenvalue weighted by atomic mass is 127. The fraction of sp³-hybridized carbons (Fsp3) is 0.316. The van der Waals surface area contributed by atoms with E-state index in [4.69, 9.17) is 19.9 Å². The minimum absolute atomic E-state index is 0. The van der Waals surface area contributed by atoms with Crippen LogP contribution in [0, 0.1) is 6.92 Å². The predicted octanol–water partition coefficient (Wildman–Crippen LogP) is 4.50. The van der Waals surface area contributed by atoms with Crippen LogP contribution in [0.2, 0.25) is 0 Å². The minimum Gasteiger partial charge on any atom is -0.497 e. The number of methoxy groups -OCH3 is 2. The molecule has 2 aromatic carbocycles. The first-order valence-corrected chi connectivity index (χ1v) is 8.30. The number of rotatable bonds is 7. The summed E-state index contributed by atoms with van der Waals surface area (Å²) in [6, 6.07) is 10.1. The molecule has 0 saturated carbocycles. The van der Waals surface area contributed by atoms with Crippen LogP contribution in [0.25, 0.3) is 0 Å². The Hall–Kier alpha value is -2.37. The van der Waals surface area contributed by atoms with E-state index in [9.17, 15) is 13.2 Å². The summed E-state index contributed by atoms with van der Waals surface area (Å²) in [7, 11) is 3.04. The normalized spacial score (nSPS) is 11.4. The summed E-state index contributed by atoms with van der Waals surface area (Å²) >= 11 is 0. The molecule has 0 aliphatic carbocycles. The van der Waals surface area contributed by atoms with Crippen molar-refractivity contribution in [2.45, 2.75) is 19.6 Å². The molecule has 6 nitrogen and oxygen atoms in total. The van der Waals surface area contributed by atoms with Crippen LogP contribution in [0.4, 0.5) is 18.9 Å². The molecule has 0 spiro atoms. The molecule has 0 bridgehead atoms. The van der Waals surface area contributed by atoms with Crippen LogP contribution in [0.15, 0.2) is 41.4 Å². The van der Waals surface area contributed by atoms with Gasteiger partial charge < -0.3 is 25.3 Å². The monoisotopic (exact) mass is 525 g/mol. The summed E-state index contributed by atoms with van der Waals surface area (Å²) < 4.78 is 52.7. The van der Waals surface area contributed by atoms with E-state index in [0.29, 0.717) is 22.7 Å². The number of hydrogen-bond acceptors (Lipinski definition) is 4. The minimum atomic E-state index is -4.42. The van der Waals surface area contributed by atoms with Crippen molar-refractivity contribution < 1.29 is 27.4 Å². The molecule has 0 fully saturated rings. The lowest BCUT2D eigenvalue weighted by atomic mass is 10.1. The van der Waals surface area contributed by atoms with Crippen molar-refractivity contribution in [3.8, 4) is 17.2 Å². The van der Waals surface area contributed by atoms with Crippen molar-refractivity contribution >= 4 is 35.6 Å². The van der Waals surface area contributed by atoms with E-state index in [1.807, 2.05) is 0 Å². The fourth-order valence-electron chi connectivity index (χ4n) is 2.35. The van der Waals surface area contributed by atoms with Gasteiger partial charge in [0.15, 0.2) is 12.6 Å². The summed E-state index contributed by atoms with van der Waals surface area (Å²) in [6.45, 7) is 0.430.